The van der Waals surface area contributed by atoms with Crippen molar-refractivity contribution in [2.75, 3.05) is 18.6 Å². The first-order chi connectivity index (χ1) is 14.8. The lowest BCUT2D eigenvalue weighted by Crippen LogP contribution is -2.31. The number of fused-ring (bicyclic) bond motifs is 1. The van der Waals surface area contributed by atoms with Crippen LogP contribution in [0, 0.1) is 0 Å². The molecule has 3 heteroatoms. The summed E-state index contributed by atoms with van der Waals surface area (Å²) in [5.41, 5.74) is 5.42. The maximum Gasteiger partial charge on any atom is 0.118 e. The lowest BCUT2D eigenvalue weighted by atomic mass is 10.0. The average molecular weight is 402 g/mol. The van der Waals surface area contributed by atoms with Gasteiger partial charge in [0.25, 0.3) is 0 Å². The van der Waals surface area contributed by atoms with Crippen molar-refractivity contribution in [1.29, 1.82) is 0 Å². The highest BCUT2D eigenvalue weighted by atomic mass is 16.5. The van der Waals surface area contributed by atoms with E-state index in [1.54, 1.807) is 7.11 Å². The predicted octanol–water partition coefficient (Wildman–Crippen LogP) is 6.01. The largest absolute Gasteiger partial charge is 0.497 e. The van der Waals surface area contributed by atoms with Gasteiger partial charge in [0, 0.05) is 24.9 Å². The predicted molar refractivity (Wildman–Crippen MR) is 123 cm³/mol. The molecule has 0 saturated carbocycles. The lowest BCUT2D eigenvalue weighted by molar-refractivity contribution is 0.116. The molecule has 0 amide bonds. The molecule has 0 aromatic heterocycles. The van der Waals surface area contributed by atoms with E-state index in [0.717, 1.165) is 31.7 Å². The minimum absolute atomic E-state index is 0.554. The van der Waals surface area contributed by atoms with E-state index < -0.39 is 0 Å². The van der Waals surface area contributed by atoms with Crippen LogP contribution >= 0.6 is 0 Å². The van der Waals surface area contributed by atoms with Gasteiger partial charge in [-0.3, -0.25) is 0 Å². The van der Waals surface area contributed by atoms with Crippen LogP contribution in [0.15, 0.2) is 78.9 Å². The molecule has 0 aliphatic carbocycles. The fourth-order valence-corrected chi connectivity index (χ4v) is 4.27. The SMILES string of the molecule is COc1ccc(CN2c3ccccc3CC2CCCCOCc2ccccc2)cc1. The number of methoxy groups -OCH3 is 1. The summed E-state index contributed by atoms with van der Waals surface area (Å²) in [6, 6.07) is 28.3. The number of rotatable bonds is 10. The van der Waals surface area contributed by atoms with Crippen LogP contribution in [0.25, 0.3) is 0 Å². The summed E-state index contributed by atoms with van der Waals surface area (Å²) in [6.07, 6.45) is 4.62. The van der Waals surface area contributed by atoms with E-state index in [-0.39, 0.29) is 0 Å². The van der Waals surface area contributed by atoms with Gasteiger partial charge < -0.3 is 14.4 Å². The third-order valence-corrected chi connectivity index (χ3v) is 5.90. The normalized spacial score (nSPS) is 15.2. The van der Waals surface area contributed by atoms with Crippen molar-refractivity contribution in [3.05, 3.63) is 95.6 Å². The topological polar surface area (TPSA) is 21.7 Å². The van der Waals surface area contributed by atoms with E-state index in [0.29, 0.717) is 12.6 Å². The van der Waals surface area contributed by atoms with Gasteiger partial charge in [0.05, 0.1) is 13.7 Å². The fraction of sp³-hybridized carbons (Fsp3) is 0.333. The number of benzene rings is 3. The second kappa shape index (κ2) is 10.3. The smallest absolute Gasteiger partial charge is 0.118 e. The minimum Gasteiger partial charge on any atom is -0.497 e. The lowest BCUT2D eigenvalue weighted by Gasteiger charge is -2.28. The van der Waals surface area contributed by atoms with E-state index in [9.17, 15) is 0 Å². The molecule has 1 aliphatic heterocycles. The molecule has 3 aromatic rings. The van der Waals surface area contributed by atoms with Crippen LogP contribution in [0.2, 0.25) is 0 Å². The number of nitrogens with zero attached hydrogens (tertiary/aromatic N) is 1. The fourth-order valence-electron chi connectivity index (χ4n) is 4.27. The maximum atomic E-state index is 5.87. The highest BCUT2D eigenvalue weighted by Crippen LogP contribution is 2.35. The van der Waals surface area contributed by atoms with E-state index in [4.69, 9.17) is 9.47 Å². The standard InChI is InChI=1S/C27H31NO2/c1-29-26-16-14-22(15-17-26)20-28-25(19-24-11-5-6-13-27(24)28)12-7-8-18-30-21-23-9-3-2-4-10-23/h2-6,9-11,13-17,25H,7-8,12,18-21H2,1H3. The van der Waals surface area contributed by atoms with Crippen molar-refractivity contribution in [3.8, 4) is 5.75 Å². The summed E-state index contributed by atoms with van der Waals surface area (Å²) in [6.45, 7) is 2.47. The van der Waals surface area contributed by atoms with Crippen molar-refractivity contribution in [1.82, 2.24) is 0 Å². The number of para-hydroxylation sites is 1. The third-order valence-electron chi connectivity index (χ3n) is 5.90. The number of ether oxygens (including phenoxy) is 2. The highest BCUT2D eigenvalue weighted by Gasteiger charge is 2.28. The van der Waals surface area contributed by atoms with E-state index in [2.05, 4.69) is 77.7 Å². The molecule has 3 aromatic carbocycles. The Balaban J connectivity index is 1.30. The molecule has 0 saturated heterocycles. The Morgan fingerprint density at radius 2 is 1.60 bits per heavy atom. The summed E-state index contributed by atoms with van der Waals surface area (Å²) in [4.78, 5) is 2.59. The van der Waals surface area contributed by atoms with E-state index >= 15 is 0 Å². The first-order valence-electron chi connectivity index (χ1n) is 10.9. The van der Waals surface area contributed by atoms with Crippen LogP contribution < -0.4 is 9.64 Å². The second-order valence-corrected chi connectivity index (χ2v) is 8.00. The van der Waals surface area contributed by atoms with Gasteiger partial charge in [0.2, 0.25) is 0 Å². The Labute approximate surface area is 180 Å². The molecular formula is C27H31NO2. The molecule has 4 rings (SSSR count). The zero-order valence-corrected chi connectivity index (χ0v) is 17.8. The first kappa shape index (κ1) is 20.5. The monoisotopic (exact) mass is 401 g/mol. The molecular weight excluding hydrogens is 370 g/mol. The molecule has 0 fully saturated rings. The van der Waals surface area contributed by atoms with Crippen LogP contribution in [0.1, 0.15) is 36.0 Å². The first-order valence-corrected chi connectivity index (χ1v) is 10.9. The van der Waals surface area contributed by atoms with Gasteiger partial charge in [0.15, 0.2) is 0 Å². The molecule has 3 nitrogen and oxygen atoms in total. The third kappa shape index (κ3) is 5.22. The van der Waals surface area contributed by atoms with E-state index in [1.807, 2.05) is 6.07 Å². The zero-order chi connectivity index (χ0) is 20.6. The summed E-state index contributed by atoms with van der Waals surface area (Å²) < 4.78 is 11.2. The number of hydrogen-bond acceptors (Lipinski definition) is 3. The summed E-state index contributed by atoms with van der Waals surface area (Å²) in [5.74, 6) is 0.910. The summed E-state index contributed by atoms with van der Waals surface area (Å²) >= 11 is 0. The Bertz CT molecular complexity index is 908. The Hall–Kier alpha value is -2.78. The highest BCUT2D eigenvalue weighted by molar-refractivity contribution is 5.59. The minimum atomic E-state index is 0.554. The van der Waals surface area contributed by atoms with Gasteiger partial charge in [-0.05, 0) is 60.6 Å². The van der Waals surface area contributed by atoms with Gasteiger partial charge >= 0.3 is 0 Å². The van der Waals surface area contributed by atoms with Crippen molar-refractivity contribution in [2.45, 2.75) is 44.9 Å². The number of hydrogen-bond donors (Lipinski definition) is 0. The van der Waals surface area contributed by atoms with Crippen LogP contribution in [-0.2, 0) is 24.3 Å². The van der Waals surface area contributed by atoms with Crippen LogP contribution in [0.5, 0.6) is 5.75 Å². The molecule has 1 atom stereocenters. The molecule has 1 aliphatic rings. The average Bonchev–Trinajstić information content (AvgIpc) is 3.14. The van der Waals surface area contributed by atoms with Crippen LogP contribution in [0.4, 0.5) is 5.69 Å². The van der Waals surface area contributed by atoms with Crippen molar-refractivity contribution in [2.24, 2.45) is 0 Å². The van der Waals surface area contributed by atoms with Gasteiger partial charge in [-0.1, -0.05) is 60.7 Å². The summed E-state index contributed by atoms with van der Waals surface area (Å²) in [7, 11) is 1.71. The van der Waals surface area contributed by atoms with Crippen LogP contribution in [0.3, 0.4) is 0 Å². The van der Waals surface area contributed by atoms with Crippen molar-refractivity contribution >= 4 is 5.69 Å². The van der Waals surface area contributed by atoms with Gasteiger partial charge in [0.1, 0.15) is 5.75 Å². The molecule has 0 radical (unpaired) electrons. The molecule has 1 unspecified atom stereocenters. The molecule has 156 valence electrons. The second-order valence-electron chi connectivity index (χ2n) is 8.00. The number of anilines is 1. The Kier molecular flexibility index (Phi) is 7.04. The van der Waals surface area contributed by atoms with Gasteiger partial charge in [-0.25, -0.2) is 0 Å². The molecule has 0 bridgehead atoms. The van der Waals surface area contributed by atoms with Crippen LogP contribution in [-0.4, -0.2) is 19.8 Å². The van der Waals surface area contributed by atoms with Gasteiger partial charge in [-0.15, -0.1) is 0 Å². The molecule has 1 heterocycles. The zero-order valence-electron chi connectivity index (χ0n) is 17.8. The molecule has 0 N–H and O–H groups in total. The maximum absolute atomic E-state index is 5.87. The quantitative estimate of drug-likeness (QED) is 0.388. The Morgan fingerprint density at radius 1 is 0.833 bits per heavy atom. The van der Waals surface area contributed by atoms with Crippen molar-refractivity contribution < 1.29 is 9.47 Å². The van der Waals surface area contributed by atoms with Gasteiger partial charge in [-0.2, -0.15) is 0 Å². The number of unbranched alkanes of at least 4 members (excludes halogenated alkanes) is 1. The van der Waals surface area contributed by atoms with Crippen molar-refractivity contribution in [3.63, 3.8) is 0 Å². The molecule has 30 heavy (non-hydrogen) atoms. The Morgan fingerprint density at radius 3 is 2.40 bits per heavy atom. The summed E-state index contributed by atoms with van der Waals surface area (Å²) in [5, 5.41) is 0. The van der Waals surface area contributed by atoms with E-state index in [1.165, 1.54) is 35.2 Å². The molecule has 0 spiro atoms.